The van der Waals surface area contributed by atoms with Crippen molar-refractivity contribution < 1.29 is 13.2 Å². The second kappa shape index (κ2) is 6.42. The number of hydrogen-bond acceptors (Lipinski definition) is 5. The first-order valence-electron chi connectivity index (χ1n) is 8.93. The third-order valence-electron chi connectivity index (χ3n) is 5.68. The highest BCUT2D eigenvalue weighted by Crippen LogP contribution is 2.43. The van der Waals surface area contributed by atoms with Crippen LogP contribution in [0.15, 0.2) is 41.8 Å². The zero-order valence-electron chi connectivity index (χ0n) is 15.4. The first kappa shape index (κ1) is 18.1. The van der Waals surface area contributed by atoms with Gasteiger partial charge in [0, 0.05) is 57.2 Å². The standard InChI is InChI=1S/C18H23N5O3S/c1-18-12-22(17(24)6-14-7-20-21(2)9-14)10-15(18)11-23(13-18)27(25,26)16-4-3-5-19-8-16/h3-5,7-9,15H,6,10-13H2,1-2H3/t15-,18+/m1/s1. The Balaban J connectivity index is 1.44. The van der Waals surface area contributed by atoms with Gasteiger partial charge in [0.15, 0.2) is 0 Å². The van der Waals surface area contributed by atoms with Crippen LogP contribution < -0.4 is 0 Å². The zero-order chi connectivity index (χ0) is 19.2. The van der Waals surface area contributed by atoms with Crippen LogP contribution in [0.2, 0.25) is 0 Å². The van der Waals surface area contributed by atoms with E-state index in [1.165, 1.54) is 10.5 Å². The van der Waals surface area contributed by atoms with Crippen molar-refractivity contribution in [3.8, 4) is 0 Å². The number of nitrogens with zero attached hydrogens (tertiary/aromatic N) is 5. The summed E-state index contributed by atoms with van der Waals surface area (Å²) in [7, 11) is -1.72. The number of aryl methyl sites for hydroxylation is 1. The van der Waals surface area contributed by atoms with Gasteiger partial charge in [0.2, 0.25) is 15.9 Å². The molecule has 2 aliphatic rings. The van der Waals surface area contributed by atoms with E-state index in [0.717, 1.165) is 5.56 Å². The Kier molecular flexibility index (Phi) is 4.31. The number of sulfonamides is 1. The van der Waals surface area contributed by atoms with Crippen molar-refractivity contribution in [3.05, 3.63) is 42.5 Å². The number of aromatic nitrogens is 3. The molecule has 2 aromatic heterocycles. The highest BCUT2D eigenvalue weighted by atomic mass is 32.2. The summed E-state index contributed by atoms with van der Waals surface area (Å²) in [6, 6.07) is 3.20. The summed E-state index contributed by atoms with van der Waals surface area (Å²) >= 11 is 0. The van der Waals surface area contributed by atoms with Gasteiger partial charge in [0.25, 0.3) is 0 Å². The highest BCUT2D eigenvalue weighted by Gasteiger charge is 2.53. The van der Waals surface area contributed by atoms with E-state index < -0.39 is 10.0 Å². The molecule has 0 N–H and O–H groups in total. The minimum atomic E-state index is -3.55. The van der Waals surface area contributed by atoms with Crippen molar-refractivity contribution in [1.82, 2.24) is 24.0 Å². The van der Waals surface area contributed by atoms with E-state index >= 15 is 0 Å². The molecule has 4 heterocycles. The van der Waals surface area contributed by atoms with Crippen molar-refractivity contribution in [1.29, 1.82) is 0 Å². The zero-order valence-corrected chi connectivity index (χ0v) is 16.3. The van der Waals surface area contributed by atoms with Crippen molar-refractivity contribution in [2.75, 3.05) is 26.2 Å². The van der Waals surface area contributed by atoms with E-state index in [4.69, 9.17) is 0 Å². The third kappa shape index (κ3) is 3.25. The van der Waals surface area contributed by atoms with Crippen LogP contribution >= 0.6 is 0 Å². The molecule has 0 aromatic carbocycles. The van der Waals surface area contributed by atoms with Crippen LogP contribution in [-0.2, 0) is 28.3 Å². The Hall–Kier alpha value is -2.26. The summed E-state index contributed by atoms with van der Waals surface area (Å²) in [6.45, 7) is 4.11. The third-order valence-corrected chi connectivity index (χ3v) is 7.47. The molecule has 2 fully saturated rings. The monoisotopic (exact) mass is 389 g/mol. The normalized spacial score (nSPS) is 25.7. The Bertz CT molecular complexity index is 958. The summed E-state index contributed by atoms with van der Waals surface area (Å²) in [5.41, 5.74) is 0.672. The second-order valence-corrected chi connectivity index (χ2v) is 9.75. The maximum atomic E-state index is 12.9. The fourth-order valence-electron chi connectivity index (χ4n) is 4.16. The van der Waals surface area contributed by atoms with E-state index in [-0.39, 0.29) is 22.1 Å². The molecular formula is C18H23N5O3S. The molecule has 0 bridgehead atoms. The minimum absolute atomic E-state index is 0.0697. The Morgan fingerprint density at radius 1 is 1.30 bits per heavy atom. The molecule has 1 amide bonds. The molecule has 2 aromatic rings. The lowest BCUT2D eigenvalue weighted by Gasteiger charge is -2.25. The van der Waals surface area contributed by atoms with Crippen molar-refractivity contribution in [2.45, 2.75) is 18.2 Å². The molecule has 0 spiro atoms. The summed E-state index contributed by atoms with van der Waals surface area (Å²) in [6.07, 6.45) is 6.83. The lowest BCUT2D eigenvalue weighted by atomic mass is 9.83. The van der Waals surface area contributed by atoms with Crippen LogP contribution in [0.5, 0.6) is 0 Å². The van der Waals surface area contributed by atoms with Gasteiger partial charge in [-0.1, -0.05) is 6.92 Å². The van der Waals surface area contributed by atoms with Crippen LogP contribution in [0.4, 0.5) is 0 Å². The number of hydrogen-bond donors (Lipinski definition) is 0. The number of amides is 1. The lowest BCUT2D eigenvalue weighted by Crippen LogP contribution is -2.38. The van der Waals surface area contributed by atoms with E-state index in [1.54, 1.807) is 29.2 Å². The first-order valence-corrected chi connectivity index (χ1v) is 10.4. The molecule has 4 rings (SSSR count). The molecular weight excluding hydrogens is 366 g/mol. The van der Waals surface area contributed by atoms with Crippen LogP contribution in [0.25, 0.3) is 0 Å². The number of likely N-dealkylation sites (tertiary alicyclic amines) is 1. The number of rotatable bonds is 4. The van der Waals surface area contributed by atoms with Crippen LogP contribution in [0.3, 0.4) is 0 Å². The molecule has 9 heteroatoms. The van der Waals surface area contributed by atoms with E-state index in [1.807, 2.05) is 18.1 Å². The Morgan fingerprint density at radius 3 is 2.74 bits per heavy atom. The summed E-state index contributed by atoms with van der Waals surface area (Å²) < 4.78 is 28.9. The van der Waals surface area contributed by atoms with Gasteiger partial charge in [0.1, 0.15) is 4.90 Å². The predicted octanol–water partition coefficient (Wildman–Crippen LogP) is 0.527. The van der Waals surface area contributed by atoms with Gasteiger partial charge in [-0.3, -0.25) is 14.5 Å². The summed E-state index contributed by atoms with van der Waals surface area (Å²) in [4.78, 5) is 18.7. The van der Waals surface area contributed by atoms with Gasteiger partial charge < -0.3 is 4.90 Å². The molecule has 144 valence electrons. The lowest BCUT2D eigenvalue weighted by molar-refractivity contribution is -0.130. The summed E-state index contributed by atoms with van der Waals surface area (Å²) in [5.74, 6) is 0.210. The quantitative estimate of drug-likeness (QED) is 0.761. The van der Waals surface area contributed by atoms with Gasteiger partial charge in [-0.25, -0.2) is 8.42 Å². The second-order valence-electron chi connectivity index (χ2n) is 7.81. The SMILES string of the molecule is Cn1cc(CC(=O)N2C[C@@H]3CN(S(=O)(=O)c4cccnc4)C[C@]3(C)C2)cn1. The molecule has 27 heavy (non-hydrogen) atoms. The van der Waals surface area contributed by atoms with E-state index in [9.17, 15) is 13.2 Å². The number of carbonyl (C=O) groups is 1. The van der Waals surface area contributed by atoms with Crippen molar-refractivity contribution in [3.63, 3.8) is 0 Å². The Labute approximate surface area is 158 Å². The molecule has 0 aliphatic carbocycles. The number of fused-ring (bicyclic) bond motifs is 1. The van der Waals surface area contributed by atoms with Gasteiger partial charge in [-0.2, -0.15) is 9.40 Å². The first-order chi connectivity index (χ1) is 12.8. The fourth-order valence-corrected chi connectivity index (χ4v) is 5.74. The van der Waals surface area contributed by atoms with E-state index in [2.05, 4.69) is 17.0 Å². The topological polar surface area (TPSA) is 88.4 Å². The number of pyridine rings is 1. The molecule has 8 nitrogen and oxygen atoms in total. The largest absolute Gasteiger partial charge is 0.341 e. The molecule has 0 unspecified atom stereocenters. The summed E-state index contributed by atoms with van der Waals surface area (Å²) in [5, 5.41) is 4.10. The Morgan fingerprint density at radius 2 is 2.11 bits per heavy atom. The highest BCUT2D eigenvalue weighted by molar-refractivity contribution is 7.89. The van der Waals surface area contributed by atoms with E-state index in [0.29, 0.717) is 32.6 Å². The maximum absolute atomic E-state index is 12.9. The smallest absolute Gasteiger partial charge is 0.244 e. The minimum Gasteiger partial charge on any atom is -0.341 e. The van der Waals surface area contributed by atoms with Crippen LogP contribution in [-0.4, -0.2) is 64.5 Å². The van der Waals surface area contributed by atoms with Gasteiger partial charge in [-0.05, 0) is 23.6 Å². The predicted molar refractivity (Wildman–Crippen MR) is 98.1 cm³/mol. The molecule has 2 saturated heterocycles. The molecule has 2 aliphatic heterocycles. The van der Waals surface area contributed by atoms with Gasteiger partial charge in [0.05, 0.1) is 12.6 Å². The van der Waals surface area contributed by atoms with Crippen molar-refractivity contribution >= 4 is 15.9 Å². The molecule has 2 atom stereocenters. The molecule has 0 radical (unpaired) electrons. The molecule has 0 saturated carbocycles. The number of carbonyl (C=O) groups excluding carboxylic acids is 1. The maximum Gasteiger partial charge on any atom is 0.244 e. The van der Waals surface area contributed by atoms with Crippen LogP contribution in [0, 0.1) is 11.3 Å². The van der Waals surface area contributed by atoms with Gasteiger partial charge >= 0.3 is 0 Å². The van der Waals surface area contributed by atoms with Gasteiger partial charge in [-0.15, -0.1) is 0 Å². The van der Waals surface area contributed by atoms with Crippen molar-refractivity contribution in [2.24, 2.45) is 18.4 Å². The average molecular weight is 389 g/mol. The fraction of sp³-hybridized carbons (Fsp3) is 0.500. The average Bonchev–Trinajstić information content (AvgIpc) is 3.27. The van der Waals surface area contributed by atoms with Crippen LogP contribution in [0.1, 0.15) is 12.5 Å².